The van der Waals surface area contributed by atoms with Gasteiger partial charge in [0.1, 0.15) is 5.75 Å². The van der Waals surface area contributed by atoms with Crippen molar-refractivity contribution in [3.05, 3.63) is 18.2 Å². The molecule has 118 valence electrons. The molecule has 0 spiro atoms. The van der Waals surface area contributed by atoms with Crippen LogP contribution in [-0.4, -0.2) is 37.0 Å². The van der Waals surface area contributed by atoms with E-state index < -0.39 is 0 Å². The minimum atomic E-state index is -0.00771. The molecule has 0 bridgehead atoms. The summed E-state index contributed by atoms with van der Waals surface area (Å²) >= 11 is 0. The Hall–Kier alpha value is -1.75. The normalized spacial score (nSPS) is 11.0. The summed E-state index contributed by atoms with van der Waals surface area (Å²) in [5.74, 6) is 0.674. The lowest BCUT2D eigenvalue weighted by Crippen LogP contribution is -2.32. The maximum atomic E-state index is 11.9. The summed E-state index contributed by atoms with van der Waals surface area (Å²) in [5.41, 5.74) is 7.03. The number of carbonyl (C=O) groups excluding carboxylic acids is 1. The summed E-state index contributed by atoms with van der Waals surface area (Å²) in [5, 5.41) is 2.84. The molecule has 0 aliphatic rings. The number of benzene rings is 1. The molecule has 0 heterocycles. The third kappa shape index (κ3) is 5.63. The monoisotopic (exact) mass is 293 g/mol. The predicted octanol–water partition coefficient (Wildman–Crippen LogP) is 2.73. The van der Waals surface area contributed by atoms with E-state index in [4.69, 9.17) is 10.5 Å². The van der Waals surface area contributed by atoms with E-state index in [-0.39, 0.29) is 5.91 Å². The van der Waals surface area contributed by atoms with Gasteiger partial charge in [-0.1, -0.05) is 6.92 Å². The zero-order valence-electron chi connectivity index (χ0n) is 13.5. The lowest BCUT2D eigenvalue weighted by molar-refractivity contribution is -0.116. The van der Waals surface area contributed by atoms with Crippen LogP contribution < -0.4 is 15.8 Å². The second kappa shape index (κ2) is 8.52. The fourth-order valence-corrected chi connectivity index (χ4v) is 2.22. The lowest BCUT2D eigenvalue weighted by Gasteiger charge is -2.24. The maximum Gasteiger partial charge on any atom is 0.224 e. The highest BCUT2D eigenvalue weighted by Gasteiger charge is 2.09. The lowest BCUT2D eigenvalue weighted by atomic mass is 10.2. The quantitative estimate of drug-likeness (QED) is 0.723. The number of nitrogens with one attached hydrogen (secondary N) is 1. The van der Waals surface area contributed by atoms with Gasteiger partial charge in [-0.25, -0.2) is 0 Å². The van der Waals surface area contributed by atoms with Crippen molar-refractivity contribution in [3.8, 4) is 5.75 Å². The molecular weight excluding hydrogens is 266 g/mol. The minimum Gasteiger partial charge on any atom is -0.497 e. The average Bonchev–Trinajstić information content (AvgIpc) is 2.45. The van der Waals surface area contributed by atoms with Crippen molar-refractivity contribution in [1.82, 2.24) is 4.90 Å². The van der Waals surface area contributed by atoms with Crippen LogP contribution in [0.4, 0.5) is 11.4 Å². The van der Waals surface area contributed by atoms with Crippen LogP contribution >= 0.6 is 0 Å². The number of hydrogen-bond acceptors (Lipinski definition) is 4. The molecule has 21 heavy (non-hydrogen) atoms. The molecule has 1 aromatic carbocycles. The van der Waals surface area contributed by atoms with Gasteiger partial charge in [0.2, 0.25) is 5.91 Å². The van der Waals surface area contributed by atoms with E-state index in [1.54, 1.807) is 25.3 Å². The molecule has 0 aliphatic heterocycles. The van der Waals surface area contributed by atoms with Gasteiger partial charge in [-0.3, -0.25) is 4.79 Å². The van der Waals surface area contributed by atoms with E-state index in [2.05, 4.69) is 31.0 Å². The van der Waals surface area contributed by atoms with Crippen LogP contribution in [0.25, 0.3) is 0 Å². The summed E-state index contributed by atoms with van der Waals surface area (Å²) < 4.78 is 5.08. The van der Waals surface area contributed by atoms with E-state index in [0.717, 1.165) is 19.5 Å². The van der Waals surface area contributed by atoms with Crippen molar-refractivity contribution in [2.75, 3.05) is 31.2 Å². The number of ether oxygens (including phenoxy) is 1. The van der Waals surface area contributed by atoms with Gasteiger partial charge in [-0.2, -0.15) is 0 Å². The van der Waals surface area contributed by atoms with Gasteiger partial charge in [-0.05, 0) is 45.5 Å². The van der Waals surface area contributed by atoms with Gasteiger partial charge >= 0.3 is 0 Å². The van der Waals surface area contributed by atoms with Gasteiger partial charge in [0.05, 0.1) is 18.5 Å². The number of nitrogens with zero attached hydrogens (tertiary/aromatic N) is 1. The molecular formula is C16H27N3O2. The van der Waals surface area contributed by atoms with E-state index in [0.29, 0.717) is 29.6 Å². The van der Waals surface area contributed by atoms with Crippen molar-refractivity contribution >= 4 is 17.3 Å². The Morgan fingerprint density at radius 3 is 2.67 bits per heavy atom. The van der Waals surface area contributed by atoms with Crippen LogP contribution in [0, 0.1) is 0 Å². The zero-order valence-corrected chi connectivity index (χ0v) is 13.5. The number of rotatable bonds is 8. The van der Waals surface area contributed by atoms with Crippen LogP contribution in [-0.2, 0) is 4.79 Å². The number of methoxy groups -OCH3 is 1. The highest BCUT2D eigenvalue weighted by atomic mass is 16.5. The van der Waals surface area contributed by atoms with Gasteiger partial charge in [0, 0.05) is 18.5 Å². The number of amides is 1. The van der Waals surface area contributed by atoms with E-state index >= 15 is 0 Å². The van der Waals surface area contributed by atoms with E-state index in [9.17, 15) is 4.79 Å². The molecule has 5 heteroatoms. The first kappa shape index (κ1) is 17.3. The smallest absolute Gasteiger partial charge is 0.224 e. The van der Waals surface area contributed by atoms with Crippen LogP contribution in [0.5, 0.6) is 5.75 Å². The maximum absolute atomic E-state index is 11.9. The van der Waals surface area contributed by atoms with Crippen molar-refractivity contribution in [1.29, 1.82) is 0 Å². The molecule has 0 saturated carbocycles. The third-order valence-electron chi connectivity index (χ3n) is 3.52. The van der Waals surface area contributed by atoms with Gasteiger partial charge in [0.15, 0.2) is 0 Å². The largest absolute Gasteiger partial charge is 0.497 e. The molecule has 1 rings (SSSR count). The fourth-order valence-electron chi connectivity index (χ4n) is 2.22. The Morgan fingerprint density at radius 2 is 2.14 bits per heavy atom. The molecule has 1 amide bonds. The molecule has 0 unspecified atom stereocenters. The van der Waals surface area contributed by atoms with Crippen LogP contribution in [0.1, 0.15) is 33.6 Å². The Labute approximate surface area is 127 Å². The first-order chi connectivity index (χ1) is 9.97. The molecule has 0 radical (unpaired) electrons. The minimum absolute atomic E-state index is 0.00771. The third-order valence-corrected chi connectivity index (χ3v) is 3.52. The number of anilines is 2. The first-order valence-corrected chi connectivity index (χ1v) is 7.45. The second-order valence-electron chi connectivity index (χ2n) is 5.33. The predicted molar refractivity (Wildman–Crippen MR) is 87.7 cm³/mol. The second-order valence-corrected chi connectivity index (χ2v) is 5.33. The molecule has 0 fully saturated rings. The van der Waals surface area contributed by atoms with Crippen LogP contribution in [0.15, 0.2) is 18.2 Å². The fraction of sp³-hybridized carbons (Fsp3) is 0.562. The average molecular weight is 293 g/mol. The van der Waals surface area contributed by atoms with Crippen LogP contribution in [0.3, 0.4) is 0 Å². The molecule has 0 aliphatic carbocycles. The molecule has 0 atom stereocenters. The standard InChI is InChI=1S/C16H27N3O2/c1-5-19(12(2)3)10-6-7-16(20)18-15-9-8-13(21-4)11-14(15)17/h8-9,11-12H,5-7,10,17H2,1-4H3,(H,18,20). The summed E-state index contributed by atoms with van der Waals surface area (Å²) in [6, 6.07) is 5.75. The van der Waals surface area contributed by atoms with Crippen molar-refractivity contribution in [2.24, 2.45) is 0 Å². The highest BCUT2D eigenvalue weighted by Crippen LogP contribution is 2.24. The Bertz CT molecular complexity index is 461. The van der Waals surface area contributed by atoms with Crippen molar-refractivity contribution < 1.29 is 9.53 Å². The molecule has 5 nitrogen and oxygen atoms in total. The Balaban J connectivity index is 2.44. The van der Waals surface area contributed by atoms with Gasteiger partial charge in [-0.15, -0.1) is 0 Å². The van der Waals surface area contributed by atoms with Gasteiger partial charge in [0.25, 0.3) is 0 Å². The molecule has 1 aromatic rings. The number of nitrogens with two attached hydrogens (primary N) is 1. The highest BCUT2D eigenvalue weighted by molar-refractivity contribution is 5.93. The molecule has 3 N–H and O–H groups in total. The summed E-state index contributed by atoms with van der Waals surface area (Å²) in [4.78, 5) is 14.3. The topological polar surface area (TPSA) is 67.6 Å². The van der Waals surface area contributed by atoms with E-state index in [1.807, 2.05) is 0 Å². The SMILES string of the molecule is CCN(CCCC(=O)Nc1ccc(OC)cc1N)C(C)C. The summed E-state index contributed by atoms with van der Waals surface area (Å²) in [6.45, 7) is 8.41. The van der Waals surface area contributed by atoms with Crippen molar-refractivity contribution in [2.45, 2.75) is 39.7 Å². The molecule has 0 saturated heterocycles. The first-order valence-electron chi connectivity index (χ1n) is 7.45. The summed E-state index contributed by atoms with van der Waals surface area (Å²) in [7, 11) is 1.58. The number of nitrogen functional groups attached to an aromatic ring is 1. The summed E-state index contributed by atoms with van der Waals surface area (Å²) in [6.07, 6.45) is 1.34. The van der Waals surface area contributed by atoms with E-state index in [1.165, 1.54) is 0 Å². The van der Waals surface area contributed by atoms with Crippen LogP contribution in [0.2, 0.25) is 0 Å². The number of hydrogen-bond donors (Lipinski definition) is 2. The molecule has 0 aromatic heterocycles. The number of carbonyl (C=O) groups is 1. The zero-order chi connectivity index (χ0) is 15.8. The van der Waals surface area contributed by atoms with Gasteiger partial charge < -0.3 is 20.7 Å². The Morgan fingerprint density at radius 1 is 1.43 bits per heavy atom. The Kier molecular flexibility index (Phi) is 7.02. The van der Waals surface area contributed by atoms with Crippen molar-refractivity contribution in [3.63, 3.8) is 0 Å².